The van der Waals surface area contributed by atoms with Crippen LogP contribution in [0.15, 0.2) is 54.6 Å². The monoisotopic (exact) mass is 196 g/mol. The van der Waals surface area contributed by atoms with Crippen molar-refractivity contribution in [3.8, 4) is 0 Å². The highest BCUT2D eigenvalue weighted by molar-refractivity contribution is 5.29. The molecule has 0 aliphatic heterocycles. The van der Waals surface area contributed by atoms with Crippen molar-refractivity contribution >= 4 is 0 Å². The lowest BCUT2D eigenvalue weighted by molar-refractivity contribution is 1.11. The van der Waals surface area contributed by atoms with Crippen LogP contribution in [0.25, 0.3) is 0 Å². The fraction of sp³-hybridized carbons (Fsp3) is 0.200. The van der Waals surface area contributed by atoms with E-state index in [-0.39, 0.29) is 0 Å². The maximum absolute atomic E-state index is 2.30. The highest BCUT2D eigenvalue weighted by atomic mass is 14.0. The Labute approximate surface area is 91.6 Å². The van der Waals surface area contributed by atoms with Crippen LogP contribution in [0.1, 0.15) is 23.6 Å². The fourth-order valence-electron chi connectivity index (χ4n) is 1.79. The molecule has 0 aliphatic carbocycles. The molecule has 2 aromatic carbocycles. The summed E-state index contributed by atoms with van der Waals surface area (Å²) >= 11 is 0. The van der Waals surface area contributed by atoms with Crippen molar-refractivity contribution in [2.75, 3.05) is 0 Å². The predicted octanol–water partition coefficient (Wildman–Crippen LogP) is 3.84. The third-order valence-corrected chi connectivity index (χ3v) is 2.65. The van der Waals surface area contributed by atoms with Gasteiger partial charge in [-0.2, -0.15) is 0 Å². The fourth-order valence-corrected chi connectivity index (χ4v) is 1.79. The lowest BCUT2D eigenvalue weighted by Gasteiger charge is -2.03. The highest BCUT2D eigenvalue weighted by Gasteiger charge is 1.96. The van der Waals surface area contributed by atoms with Gasteiger partial charge in [-0.25, -0.2) is 0 Å². The van der Waals surface area contributed by atoms with Crippen molar-refractivity contribution in [2.24, 2.45) is 0 Å². The van der Waals surface area contributed by atoms with E-state index in [9.17, 15) is 0 Å². The standard InChI is InChI=1S/C15H16/c1-2-13-9-6-10-15(11-13)12-14-7-4-3-5-8-14/h3-11H,2,12H2,1H3. The molecule has 0 fully saturated rings. The molecule has 0 aliphatic rings. The lowest BCUT2D eigenvalue weighted by Crippen LogP contribution is -1.89. The third kappa shape index (κ3) is 2.69. The predicted molar refractivity (Wildman–Crippen MR) is 65.1 cm³/mol. The lowest BCUT2D eigenvalue weighted by atomic mass is 10.0. The molecule has 0 heteroatoms. The minimum atomic E-state index is 1.04. The molecule has 0 spiro atoms. The van der Waals surface area contributed by atoms with E-state index in [4.69, 9.17) is 0 Å². The summed E-state index contributed by atoms with van der Waals surface area (Å²) in [6.07, 6.45) is 2.15. The van der Waals surface area contributed by atoms with Gasteiger partial charge in [0.05, 0.1) is 0 Å². The summed E-state index contributed by atoms with van der Waals surface area (Å²) in [5.41, 5.74) is 4.20. The van der Waals surface area contributed by atoms with Crippen LogP contribution in [0.5, 0.6) is 0 Å². The first-order chi connectivity index (χ1) is 7.38. The normalized spacial score (nSPS) is 10.2. The molecule has 2 rings (SSSR count). The van der Waals surface area contributed by atoms with Crippen LogP contribution < -0.4 is 0 Å². The minimum absolute atomic E-state index is 1.04. The number of benzene rings is 2. The molecule has 0 saturated carbocycles. The SMILES string of the molecule is CCc1cccc(Cc2ccccc2)c1. The molecule has 76 valence electrons. The van der Waals surface area contributed by atoms with E-state index in [1.807, 2.05) is 0 Å². The second kappa shape index (κ2) is 4.79. The molecular weight excluding hydrogens is 180 g/mol. The van der Waals surface area contributed by atoms with Crippen LogP contribution in [-0.4, -0.2) is 0 Å². The molecule has 0 atom stereocenters. The van der Waals surface area contributed by atoms with Gasteiger partial charge < -0.3 is 0 Å². The summed E-state index contributed by atoms with van der Waals surface area (Å²) in [4.78, 5) is 0. The molecule has 0 aromatic heterocycles. The Morgan fingerprint density at radius 3 is 2.13 bits per heavy atom. The molecule has 0 radical (unpaired) electrons. The Bertz CT molecular complexity index is 415. The van der Waals surface area contributed by atoms with Crippen molar-refractivity contribution in [3.63, 3.8) is 0 Å². The quantitative estimate of drug-likeness (QED) is 0.699. The third-order valence-electron chi connectivity index (χ3n) is 2.65. The Kier molecular flexibility index (Phi) is 3.18. The van der Waals surface area contributed by atoms with Crippen molar-refractivity contribution in [1.82, 2.24) is 0 Å². The van der Waals surface area contributed by atoms with E-state index in [1.54, 1.807) is 0 Å². The van der Waals surface area contributed by atoms with E-state index in [0.717, 1.165) is 12.8 Å². The van der Waals surface area contributed by atoms with Crippen LogP contribution >= 0.6 is 0 Å². The maximum Gasteiger partial charge on any atom is -0.00257 e. The summed E-state index contributed by atoms with van der Waals surface area (Å²) in [7, 11) is 0. The molecule has 15 heavy (non-hydrogen) atoms. The maximum atomic E-state index is 2.30. The second-order valence-electron chi connectivity index (χ2n) is 3.84. The van der Waals surface area contributed by atoms with Crippen LogP contribution in [0.3, 0.4) is 0 Å². The average Bonchev–Trinajstić information content (AvgIpc) is 2.31. The molecule has 0 unspecified atom stereocenters. The Balaban J connectivity index is 2.17. The topological polar surface area (TPSA) is 0 Å². The summed E-state index contributed by atoms with van der Waals surface area (Å²) in [6, 6.07) is 19.5. The van der Waals surface area contributed by atoms with Crippen molar-refractivity contribution in [2.45, 2.75) is 19.8 Å². The first kappa shape index (κ1) is 9.97. The van der Waals surface area contributed by atoms with Crippen LogP contribution in [-0.2, 0) is 12.8 Å². The van der Waals surface area contributed by atoms with Gasteiger partial charge in [0.25, 0.3) is 0 Å². The second-order valence-corrected chi connectivity index (χ2v) is 3.84. The average molecular weight is 196 g/mol. The first-order valence-electron chi connectivity index (χ1n) is 5.50. The van der Waals surface area contributed by atoms with Crippen LogP contribution in [0.2, 0.25) is 0 Å². The molecule has 0 bridgehead atoms. The zero-order chi connectivity index (χ0) is 10.5. The summed E-state index contributed by atoms with van der Waals surface area (Å²) in [5, 5.41) is 0. The zero-order valence-electron chi connectivity index (χ0n) is 9.11. The molecular formula is C15H16. The first-order valence-corrected chi connectivity index (χ1v) is 5.50. The molecule has 0 nitrogen and oxygen atoms in total. The van der Waals surface area contributed by atoms with E-state index in [2.05, 4.69) is 61.5 Å². The summed E-state index contributed by atoms with van der Waals surface area (Å²) < 4.78 is 0. The summed E-state index contributed by atoms with van der Waals surface area (Å²) in [6.45, 7) is 2.20. The van der Waals surface area contributed by atoms with Gasteiger partial charge in [0.1, 0.15) is 0 Å². The van der Waals surface area contributed by atoms with Gasteiger partial charge in [-0.05, 0) is 29.5 Å². The molecule has 0 heterocycles. The van der Waals surface area contributed by atoms with Crippen molar-refractivity contribution in [3.05, 3.63) is 71.3 Å². The van der Waals surface area contributed by atoms with Crippen LogP contribution in [0.4, 0.5) is 0 Å². The Morgan fingerprint density at radius 1 is 0.733 bits per heavy atom. The molecule has 0 saturated heterocycles. The number of hydrogen-bond donors (Lipinski definition) is 0. The van der Waals surface area contributed by atoms with E-state index in [0.29, 0.717) is 0 Å². The van der Waals surface area contributed by atoms with Gasteiger partial charge in [0, 0.05) is 0 Å². The van der Waals surface area contributed by atoms with Crippen LogP contribution in [0, 0.1) is 0 Å². The van der Waals surface area contributed by atoms with Gasteiger partial charge in [-0.1, -0.05) is 61.5 Å². The Hall–Kier alpha value is -1.56. The molecule has 0 amide bonds. The highest BCUT2D eigenvalue weighted by Crippen LogP contribution is 2.11. The number of hydrogen-bond acceptors (Lipinski definition) is 0. The number of rotatable bonds is 3. The van der Waals surface area contributed by atoms with Gasteiger partial charge in [0.2, 0.25) is 0 Å². The van der Waals surface area contributed by atoms with Crippen molar-refractivity contribution in [1.29, 1.82) is 0 Å². The minimum Gasteiger partial charge on any atom is -0.0622 e. The van der Waals surface area contributed by atoms with E-state index >= 15 is 0 Å². The van der Waals surface area contributed by atoms with E-state index < -0.39 is 0 Å². The smallest absolute Gasteiger partial charge is 0.00257 e. The van der Waals surface area contributed by atoms with Gasteiger partial charge in [0.15, 0.2) is 0 Å². The molecule has 0 N–H and O–H groups in total. The molecule has 2 aromatic rings. The van der Waals surface area contributed by atoms with Gasteiger partial charge in [-0.3, -0.25) is 0 Å². The Morgan fingerprint density at radius 2 is 1.40 bits per heavy atom. The van der Waals surface area contributed by atoms with Gasteiger partial charge >= 0.3 is 0 Å². The number of aryl methyl sites for hydroxylation is 1. The summed E-state index contributed by atoms with van der Waals surface area (Å²) in [5.74, 6) is 0. The van der Waals surface area contributed by atoms with Gasteiger partial charge in [-0.15, -0.1) is 0 Å². The van der Waals surface area contributed by atoms with E-state index in [1.165, 1.54) is 16.7 Å². The van der Waals surface area contributed by atoms with Crippen molar-refractivity contribution < 1.29 is 0 Å². The largest absolute Gasteiger partial charge is 0.0622 e. The zero-order valence-corrected chi connectivity index (χ0v) is 9.11.